The molecule has 1 unspecified atom stereocenters. The van der Waals surface area contributed by atoms with Crippen molar-refractivity contribution < 1.29 is 65.4 Å². The van der Waals surface area contributed by atoms with Gasteiger partial charge in [0.1, 0.15) is 24.2 Å². The van der Waals surface area contributed by atoms with E-state index >= 15 is 0 Å². The third kappa shape index (κ3) is 13.4. The monoisotopic (exact) mass is 1110 g/mol. The molecule has 5 aliphatic rings. The van der Waals surface area contributed by atoms with Crippen LogP contribution >= 0.6 is 0 Å². The summed E-state index contributed by atoms with van der Waals surface area (Å²) in [5, 5.41) is 34.8. The fourth-order valence-corrected chi connectivity index (χ4v) is 12.9. The second kappa shape index (κ2) is 24.3. The van der Waals surface area contributed by atoms with Gasteiger partial charge < -0.3 is 41.3 Å². The summed E-state index contributed by atoms with van der Waals surface area (Å²) < 4.78 is 48.5. The Kier molecular flexibility index (Phi) is 17.8. The van der Waals surface area contributed by atoms with Crippen LogP contribution in [0.25, 0.3) is 21.5 Å². The van der Waals surface area contributed by atoms with Gasteiger partial charge in [0.25, 0.3) is 11.8 Å². The Morgan fingerprint density at radius 1 is 0.603 bits per heavy atom. The molecule has 5 saturated heterocycles. The molecule has 4 aromatic carbocycles. The fraction of sp³-hybridized carbons (Fsp3) is 0.481. The maximum Gasteiger partial charge on any atom is 0.251 e. The van der Waals surface area contributed by atoms with Crippen LogP contribution in [0.15, 0.2) is 84.9 Å². The minimum atomic E-state index is -4.00. The van der Waals surface area contributed by atoms with E-state index in [1.807, 2.05) is 65.4 Å². The molecule has 0 bridgehead atoms. The van der Waals surface area contributed by atoms with Gasteiger partial charge in [0.15, 0.2) is 6.23 Å². The molecule has 0 spiro atoms. The minimum Gasteiger partial charge on any atom is -0.394 e. The maximum atomic E-state index is 13.8. The number of aliphatic hydroxyl groups is 2. The summed E-state index contributed by atoms with van der Waals surface area (Å²) in [5.74, 6) is -4.17. The van der Waals surface area contributed by atoms with Gasteiger partial charge in [-0.15, -0.1) is 0 Å². The summed E-state index contributed by atoms with van der Waals surface area (Å²) in [4.78, 5) is 107. The van der Waals surface area contributed by atoms with Crippen molar-refractivity contribution in [3.63, 3.8) is 0 Å². The molecule has 7 N–H and O–H groups in total. The van der Waals surface area contributed by atoms with Crippen LogP contribution in [0.2, 0.25) is 0 Å². The first-order chi connectivity index (χ1) is 37.1. The Hall–Kier alpha value is -7.02. The van der Waals surface area contributed by atoms with Crippen LogP contribution in [0.1, 0.15) is 111 Å². The van der Waals surface area contributed by atoms with Gasteiger partial charge in [-0.05, 0) is 97.2 Å². The molecular weight excluding hydrogens is 1050 g/mol. The first-order valence-corrected chi connectivity index (χ1v) is 30.0. The lowest BCUT2D eigenvalue weighted by atomic mass is 9.98. The molecule has 9 atom stereocenters. The van der Waals surface area contributed by atoms with Crippen molar-refractivity contribution in [1.29, 1.82) is 0 Å². The quantitative estimate of drug-likeness (QED) is 0.100. The van der Waals surface area contributed by atoms with E-state index in [2.05, 4.69) is 21.3 Å². The predicted molar refractivity (Wildman–Crippen MR) is 286 cm³/mol. The molecule has 5 aliphatic heterocycles. The van der Waals surface area contributed by atoms with Gasteiger partial charge in [0.05, 0.1) is 44.0 Å². The summed E-state index contributed by atoms with van der Waals surface area (Å²) in [6.07, 6.45) is 6.69. The van der Waals surface area contributed by atoms with Crippen molar-refractivity contribution in [1.82, 2.24) is 40.1 Å². The fourth-order valence-electron chi connectivity index (χ4n) is 11.4. The van der Waals surface area contributed by atoms with Gasteiger partial charge in [0, 0.05) is 23.2 Å². The smallest absolute Gasteiger partial charge is 0.251 e. The summed E-state index contributed by atoms with van der Waals surface area (Å²) in [5.41, 5.74) is 0.875. The molecule has 5 heterocycles. The van der Waals surface area contributed by atoms with Crippen molar-refractivity contribution in [3.05, 3.63) is 96.1 Å². The van der Waals surface area contributed by atoms with Crippen molar-refractivity contribution in [2.75, 3.05) is 19.1 Å². The molecule has 0 aromatic heterocycles. The number of benzene rings is 4. The molecule has 0 saturated carbocycles. The molecule has 8 amide bonds. The Morgan fingerprint density at radius 3 is 1.51 bits per heavy atom. The Bertz CT molecular complexity index is 3210. The van der Waals surface area contributed by atoms with E-state index in [4.69, 9.17) is 0 Å². The molecular formula is C54H66N8O14S2. The third-order valence-corrected chi connectivity index (χ3v) is 16.9. The molecule has 4 aromatic rings. The van der Waals surface area contributed by atoms with E-state index in [1.165, 1.54) is 4.90 Å². The number of hydrogen-bond acceptors (Lipinski definition) is 14. The number of nitrogens with zero attached hydrogens (tertiary/aromatic N) is 3. The number of rotatable bonds is 13. The highest BCUT2D eigenvalue weighted by atomic mass is 32.2. The van der Waals surface area contributed by atoms with Crippen LogP contribution in [-0.2, 0) is 48.8 Å². The molecule has 78 heavy (non-hydrogen) atoms. The van der Waals surface area contributed by atoms with Crippen LogP contribution in [0.3, 0.4) is 0 Å². The number of hydrogen-bond donors (Lipinski definition) is 7. The SMILES string of the molecule is CS(=O)(=O)N1C(=O)C[C@H](NC(=O)[C@@H]2CC[C@@H]3CCCC[C@H](NC(=O)c4ccc5ccccc5c4)C(=O)N32)C1O.CS(=O)(=O)NC(=O)C[C@@H](CO)NC(=O)[C@@H]1CC[C@@H]2CCCC[C@H](NC(=O)c3ccc4ccccc4c3)C(=O)N21. The van der Waals surface area contributed by atoms with E-state index in [9.17, 15) is 65.4 Å². The number of carbonyl (C=O) groups is 8. The standard InChI is InChI=1S/C27H32N4O7S.C27H34N4O7S/c1-39(37,38)31-23(32)15-21(27(31)36)29-25(34)22-13-12-19-8-4-5-9-20(26(35)30(19)22)28-24(33)18-11-10-16-6-2-3-7-17(16)14-18;1-39(37,38)30-24(33)15-20(16-32)28-26(35)23-13-12-21-8-4-5-9-22(27(36)31(21)23)29-25(34)19-11-10-17-6-2-3-7-18(17)14-19/h2-3,6-7,10-11,14,19-22,27,36H,4-5,8-9,12-13,15H2,1H3,(H,28,33)(H,29,34);2-3,6-7,10-11,14,20-23,32H,4-5,8-9,12-13,15-16H2,1H3,(H,28,35)(H,29,34)(H,30,33)/t19-,20-,21-,22-,27?;20-,21-,22-,23-/m00/s1. The Labute approximate surface area is 452 Å². The topological polar surface area (TPSA) is 315 Å². The van der Waals surface area contributed by atoms with Crippen molar-refractivity contribution >= 4 is 88.8 Å². The highest BCUT2D eigenvalue weighted by molar-refractivity contribution is 7.89. The van der Waals surface area contributed by atoms with Crippen molar-refractivity contribution in [2.45, 2.75) is 144 Å². The summed E-state index contributed by atoms with van der Waals surface area (Å²) in [7, 11) is -7.78. The number of nitrogens with one attached hydrogen (secondary N) is 5. The van der Waals surface area contributed by atoms with Gasteiger partial charge in [-0.25, -0.2) is 21.1 Å². The van der Waals surface area contributed by atoms with E-state index in [0.717, 1.165) is 72.6 Å². The maximum absolute atomic E-state index is 13.8. The lowest BCUT2D eigenvalue weighted by Gasteiger charge is -2.35. The number of aliphatic hydroxyl groups excluding tert-OH is 2. The highest BCUT2D eigenvalue weighted by Crippen LogP contribution is 2.34. The average molecular weight is 1120 g/mol. The molecule has 5 fully saturated rings. The van der Waals surface area contributed by atoms with E-state index in [0.29, 0.717) is 54.0 Å². The van der Waals surface area contributed by atoms with Crippen LogP contribution in [0.5, 0.6) is 0 Å². The van der Waals surface area contributed by atoms with Gasteiger partial charge >= 0.3 is 0 Å². The lowest BCUT2D eigenvalue weighted by molar-refractivity contribution is -0.143. The first-order valence-electron chi connectivity index (χ1n) is 26.3. The largest absolute Gasteiger partial charge is 0.394 e. The zero-order valence-corrected chi connectivity index (χ0v) is 45.0. The average Bonchev–Trinajstić information content (AvgIpc) is 4.13. The summed E-state index contributed by atoms with van der Waals surface area (Å²) in [6, 6.07) is 20.3. The zero-order chi connectivity index (χ0) is 56.1. The van der Waals surface area contributed by atoms with Gasteiger partial charge in [-0.2, -0.15) is 0 Å². The zero-order valence-electron chi connectivity index (χ0n) is 43.3. The first kappa shape index (κ1) is 57.2. The molecule has 418 valence electrons. The number of carbonyl (C=O) groups excluding carboxylic acids is 8. The summed E-state index contributed by atoms with van der Waals surface area (Å²) in [6.45, 7) is -0.586. The predicted octanol–water partition coefficient (Wildman–Crippen LogP) is 1.68. The minimum absolute atomic E-state index is 0.158. The number of fused-ring (bicyclic) bond motifs is 4. The van der Waals surface area contributed by atoms with Crippen LogP contribution in [-0.4, -0.2) is 162 Å². The molecule has 0 radical (unpaired) electrons. The summed E-state index contributed by atoms with van der Waals surface area (Å²) >= 11 is 0. The van der Waals surface area contributed by atoms with E-state index in [-0.39, 0.29) is 42.1 Å². The molecule has 9 rings (SSSR count). The van der Waals surface area contributed by atoms with Gasteiger partial charge in [-0.3, -0.25) is 43.1 Å². The van der Waals surface area contributed by atoms with Gasteiger partial charge in [0.2, 0.25) is 55.5 Å². The van der Waals surface area contributed by atoms with E-state index < -0.39 is 99.2 Å². The normalized spacial score (nSPS) is 25.0. The van der Waals surface area contributed by atoms with Crippen molar-refractivity contribution in [3.8, 4) is 0 Å². The third-order valence-electron chi connectivity index (χ3n) is 15.1. The van der Waals surface area contributed by atoms with E-state index in [1.54, 1.807) is 29.2 Å². The lowest BCUT2D eigenvalue weighted by Crippen LogP contribution is -2.58. The Morgan fingerprint density at radius 2 is 1.06 bits per heavy atom. The molecule has 22 nitrogen and oxygen atoms in total. The molecule has 24 heteroatoms. The number of sulfonamides is 2. The van der Waals surface area contributed by atoms with Crippen molar-refractivity contribution in [2.24, 2.45) is 0 Å². The van der Waals surface area contributed by atoms with Gasteiger partial charge in [-0.1, -0.05) is 86.3 Å². The van der Waals surface area contributed by atoms with Crippen LogP contribution in [0.4, 0.5) is 0 Å². The van der Waals surface area contributed by atoms with Crippen LogP contribution < -0.4 is 26.0 Å². The van der Waals surface area contributed by atoms with Crippen LogP contribution in [0, 0.1) is 0 Å². The Balaban J connectivity index is 0.000000206. The highest BCUT2D eigenvalue weighted by Gasteiger charge is 2.49. The molecule has 0 aliphatic carbocycles. The number of amides is 8. The second-order valence-corrected chi connectivity index (χ2v) is 24.4. The second-order valence-electron chi connectivity index (χ2n) is 20.8.